The Morgan fingerprint density at radius 3 is 1.41 bits per heavy atom. The summed E-state index contributed by atoms with van der Waals surface area (Å²) >= 11 is 0. The highest BCUT2D eigenvalue weighted by atomic mass is 31.2. The van der Waals surface area contributed by atoms with Gasteiger partial charge >= 0.3 is 7.60 Å². The Morgan fingerprint density at radius 1 is 0.591 bits per heavy atom. The highest BCUT2D eigenvalue weighted by molar-refractivity contribution is 7.53. The van der Waals surface area contributed by atoms with Crippen molar-refractivity contribution in [1.29, 1.82) is 0 Å². The summed E-state index contributed by atoms with van der Waals surface area (Å²) in [5, 5.41) is 0. The molecule has 0 amide bonds. The fourth-order valence-electron chi connectivity index (χ4n) is 2.42. The third kappa shape index (κ3) is 13.8. The van der Waals surface area contributed by atoms with E-state index in [4.69, 9.17) is 9.05 Å². The first-order valence-electron chi connectivity index (χ1n) is 9.56. The molecule has 0 saturated heterocycles. The van der Waals surface area contributed by atoms with Crippen LogP contribution >= 0.6 is 7.60 Å². The molecule has 0 heterocycles. The highest BCUT2D eigenvalue weighted by Gasteiger charge is 2.23. The number of hydrogen-bond donors (Lipinski definition) is 0. The van der Waals surface area contributed by atoms with Crippen LogP contribution in [0, 0.1) is 0 Å². The van der Waals surface area contributed by atoms with Gasteiger partial charge in [0.2, 0.25) is 0 Å². The minimum absolute atomic E-state index is 0.540. The average molecular weight is 334 g/mol. The minimum atomic E-state index is -2.83. The van der Waals surface area contributed by atoms with Crippen LogP contribution in [0.1, 0.15) is 97.8 Å². The van der Waals surface area contributed by atoms with Gasteiger partial charge in [-0.1, -0.05) is 78.6 Å². The van der Waals surface area contributed by atoms with Crippen LogP contribution < -0.4 is 0 Å². The van der Waals surface area contributed by atoms with Crippen molar-refractivity contribution >= 4 is 7.60 Å². The van der Waals surface area contributed by atoms with Gasteiger partial charge in [-0.15, -0.1) is 0 Å². The van der Waals surface area contributed by atoms with Gasteiger partial charge in [-0.25, -0.2) is 0 Å². The van der Waals surface area contributed by atoms with Crippen LogP contribution in [0.5, 0.6) is 0 Å². The summed E-state index contributed by atoms with van der Waals surface area (Å²) in [6, 6.07) is 0. The summed E-state index contributed by atoms with van der Waals surface area (Å²) in [5.41, 5.74) is 0. The third-order valence-corrected chi connectivity index (χ3v) is 5.79. The standard InChI is InChI=1S/C18H39O3P/c1-4-7-8-9-10-11-12-13-14-15-18-22(19,20-16-5-2)21-17-6-3/h4-18H2,1-3H3. The molecule has 0 aliphatic heterocycles. The zero-order valence-electron chi connectivity index (χ0n) is 15.3. The largest absolute Gasteiger partial charge is 0.330 e. The van der Waals surface area contributed by atoms with Gasteiger partial charge in [-0.05, 0) is 19.3 Å². The molecule has 0 atom stereocenters. The second-order valence-corrected chi connectivity index (χ2v) is 8.37. The Morgan fingerprint density at radius 2 is 1.00 bits per heavy atom. The molecule has 0 N–H and O–H groups in total. The van der Waals surface area contributed by atoms with Crippen molar-refractivity contribution in [2.75, 3.05) is 19.4 Å². The predicted octanol–water partition coefficient (Wildman–Crippen LogP) is 6.95. The summed E-state index contributed by atoms with van der Waals surface area (Å²) in [6.45, 7) is 7.40. The predicted molar refractivity (Wildman–Crippen MR) is 96.8 cm³/mol. The SMILES string of the molecule is CCCCCCCCCCCCP(=O)(OCCC)OCCC. The molecule has 0 spiro atoms. The first-order valence-corrected chi connectivity index (χ1v) is 11.3. The van der Waals surface area contributed by atoms with E-state index < -0.39 is 7.60 Å². The van der Waals surface area contributed by atoms with Gasteiger partial charge in [0.1, 0.15) is 0 Å². The van der Waals surface area contributed by atoms with Crippen molar-refractivity contribution in [2.45, 2.75) is 97.8 Å². The van der Waals surface area contributed by atoms with Crippen molar-refractivity contribution in [3.63, 3.8) is 0 Å². The fourth-order valence-corrected chi connectivity index (χ4v) is 4.29. The lowest BCUT2D eigenvalue weighted by Gasteiger charge is -2.18. The van der Waals surface area contributed by atoms with Gasteiger partial charge in [0.15, 0.2) is 0 Å². The topological polar surface area (TPSA) is 35.5 Å². The minimum Gasteiger partial charge on any atom is -0.309 e. The zero-order valence-corrected chi connectivity index (χ0v) is 16.2. The molecule has 0 aromatic heterocycles. The first kappa shape index (κ1) is 22.1. The molecule has 0 bridgehead atoms. The summed E-state index contributed by atoms with van der Waals surface area (Å²) in [5.74, 6) is 0. The molecule has 22 heavy (non-hydrogen) atoms. The molecule has 0 unspecified atom stereocenters. The van der Waals surface area contributed by atoms with Gasteiger partial charge in [0.05, 0.1) is 19.4 Å². The van der Waals surface area contributed by atoms with Crippen LogP contribution in [0.2, 0.25) is 0 Å². The molecule has 0 saturated carbocycles. The Hall–Kier alpha value is 0.150. The Balaban J connectivity index is 3.60. The van der Waals surface area contributed by atoms with Gasteiger partial charge in [0, 0.05) is 0 Å². The van der Waals surface area contributed by atoms with Gasteiger partial charge < -0.3 is 9.05 Å². The van der Waals surface area contributed by atoms with Crippen molar-refractivity contribution in [2.24, 2.45) is 0 Å². The average Bonchev–Trinajstić information content (AvgIpc) is 2.53. The molecule has 134 valence electrons. The van der Waals surface area contributed by atoms with E-state index in [1.807, 2.05) is 13.8 Å². The van der Waals surface area contributed by atoms with Crippen molar-refractivity contribution in [3.05, 3.63) is 0 Å². The molecule has 0 radical (unpaired) electrons. The Labute approximate surface area is 139 Å². The molecule has 0 aromatic rings. The summed E-state index contributed by atoms with van der Waals surface area (Å²) in [7, 11) is -2.83. The second-order valence-electron chi connectivity index (χ2n) is 6.18. The van der Waals surface area contributed by atoms with Gasteiger partial charge in [-0.2, -0.15) is 0 Å². The molecule has 0 fully saturated rings. The van der Waals surface area contributed by atoms with E-state index in [-0.39, 0.29) is 0 Å². The third-order valence-electron chi connectivity index (χ3n) is 3.77. The maximum atomic E-state index is 12.5. The van der Waals surface area contributed by atoms with E-state index in [1.165, 1.54) is 51.4 Å². The van der Waals surface area contributed by atoms with Crippen LogP contribution in [-0.2, 0) is 13.6 Å². The first-order chi connectivity index (χ1) is 10.7. The van der Waals surface area contributed by atoms with E-state index >= 15 is 0 Å². The Kier molecular flexibility index (Phi) is 16.1. The van der Waals surface area contributed by atoms with Crippen LogP contribution in [0.3, 0.4) is 0 Å². The number of rotatable bonds is 17. The fraction of sp³-hybridized carbons (Fsp3) is 1.00. The molecular weight excluding hydrogens is 295 g/mol. The molecule has 0 aliphatic rings. The highest BCUT2D eigenvalue weighted by Crippen LogP contribution is 2.49. The van der Waals surface area contributed by atoms with Crippen molar-refractivity contribution in [1.82, 2.24) is 0 Å². The number of hydrogen-bond acceptors (Lipinski definition) is 3. The van der Waals surface area contributed by atoms with Crippen molar-refractivity contribution in [3.8, 4) is 0 Å². The normalized spacial score (nSPS) is 12.0. The van der Waals surface area contributed by atoms with Crippen LogP contribution in [0.4, 0.5) is 0 Å². The quantitative estimate of drug-likeness (QED) is 0.213. The Bertz CT molecular complexity index is 257. The van der Waals surface area contributed by atoms with E-state index in [1.54, 1.807) is 0 Å². The monoisotopic (exact) mass is 334 g/mol. The molecule has 0 rings (SSSR count). The van der Waals surface area contributed by atoms with Crippen LogP contribution in [0.25, 0.3) is 0 Å². The van der Waals surface area contributed by atoms with Crippen molar-refractivity contribution < 1.29 is 13.6 Å². The van der Waals surface area contributed by atoms with Crippen LogP contribution in [0.15, 0.2) is 0 Å². The number of unbranched alkanes of at least 4 members (excludes halogenated alkanes) is 9. The lowest BCUT2D eigenvalue weighted by atomic mass is 10.1. The van der Waals surface area contributed by atoms with E-state index in [2.05, 4.69) is 6.92 Å². The molecule has 3 nitrogen and oxygen atoms in total. The summed E-state index contributed by atoms with van der Waals surface area (Å²) < 4.78 is 23.5. The van der Waals surface area contributed by atoms with E-state index in [0.717, 1.165) is 25.7 Å². The van der Waals surface area contributed by atoms with Gasteiger partial charge in [0.25, 0.3) is 0 Å². The zero-order chi connectivity index (χ0) is 16.5. The lowest BCUT2D eigenvalue weighted by Crippen LogP contribution is -2.02. The molecule has 0 aliphatic carbocycles. The summed E-state index contributed by atoms with van der Waals surface area (Å²) in [4.78, 5) is 0. The maximum Gasteiger partial charge on any atom is 0.330 e. The van der Waals surface area contributed by atoms with E-state index in [9.17, 15) is 4.57 Å². The molecule has 4 heteroatoms. The smallest absolute Gasteiger partial charge is 0.309 e. The summed E-state index contributed by atoms with van der Waals surface area (Å²) in [6.07, 6.45) is 15.2. The lowest BCUT2D eigenvalue weighted by molar-refractivity contribution is 0.204. The molecular formula is C18H39O3P. The van der Waals surface area contributed by atoms with E-state index in [0.29, 0.717) is 19.4 Å². The van der Waals surface area contributed by atoms with Crippen LogP contribution in [-0.4, -0.2) is 19.4 Å². The maximum absolute atomic E-state index is 12.5. The van der Waals surface area contributed by atoms with Gasteiger partial charge in [-0.3, -0.25) is 4.57 Å². The molecule has 0 aromatic carbocycles. The second kappa shape index (κ2) is 16.0.